The topological polar surface area (TPSA) is 20.2 Å². The first-order valence-corrected chi connectivity index (χ1v) is 4.09. The zero-order chi connectivity index (χ0) is 8.97. The van der Waals surface area contributed by atoms with Gasteiger partial charge in [0.05, 0.1) is 6.61 Å². The Kier molecular flexibility index (Phi) is 3.50. The molecule has 1 N–H and O–H groups in total. The van der Waals surface area contributed by atoms with Gasteiger partial charge in [-0.05, 0) is 17.7 Å². The number of benzene rings is 1. The Labute approximate surface area is 75.8 Å². The highest BCUT2D eigenvalue weighted by molar-refractivity contribution is 6.30. The van der Waals surface area contributed by atoms with E-state index < -0.39 is 12.8 Å². The van der Waals surface area contributed by atoms with E-state index in [0.717, 1.165) is 5.56 Å². The van der Waals surface area contributed by atoms with Gasteiger partial charge in [-0.2, -0.15) is 0 Å². The van der Waals surface area contributed by atoms with E-state index in [1.165, 1.54) is 0 Å². The van der Waals surface area contributed by atoms with Crippen LogP contribution in [0.1, 0.15) is 5.56 Å². The predicted octanol–water partition coefficient (Wildman–Crippen LogP) is 2.21. The lowest BCUT2D eigenvalue weighted by Crippen LogP contribution is -2.09. The minimum Gasteiger partial charge on any atom is -0.393 e. The van der Waals surface area contributed by atoms with Gasteiger partial charge in [0, 0.05) is 11.4 Å². The lowest BCUT2D eigenvalue weighted by molar-refractivity contribution is 0.177. The van der Waals surface area contributed by atoms with Crippen LogP contribution in [-0.2, 0) is 6.42 Å². The maximum Gasteiger partial charge on any atom is 0.127 e. The molecule has 0 radical (unpaired) electrons. The summed E-state index contributed by atoms with van der Waals surface area (Å²) in [5, 5.41) is 9.05. The first kappa shape index (κ1) is 9.49. The van der Waals surface area contributed by atoms with E-state index in [-0.39, 0.29) is 6.42 Å². The summed E-state index contributed by atoms with van der Waals surface area (Å²) in [5.74, 6) is 0. The molecule has 3 heteroatoms. The number of rotatable bonds is 3. The van der Waals surface area contributed by atoms with Crippen LogP contribution in [0.4, 0.5) is 4.39 Å². The quantitative estimate of drug-likeness (QED) is 0.771. The Morgan fingerprint density at radius 1 is 1.50 bits per heavy atom. The van der Waals surface area contributed by atoms with Gasteiger partial charge in [-0.15, -0.1) is 0 Å². The van der Waals surface area contributed by atoms with Crippen LogP contribution in [0.5, 0.6) is 0 Å². The molecule has 0 spiro atoms. The highest BCUT2D eigenvalue weighted by Crippen LogP contribution is 2.12. The molecule has 0 heterocycles. The van der Waals surface area contributed by atoms with Crippen LogP contribution in [0.2, 0.25) is 5.02 Å². The molecule has 1 rings (SSSR count). The maximum atomic E-state index is 12.7. The summed E-state index contributed by atoms with van der Waals surface area (Å²) >= 11 is 5.69. The number of hydrogen-bond donors (Lipinski definition) is 1. The van der Waals surface area contributed by atoms with Crippen molar-refractivity contribution in [2.24, 2.45) is 0 Å². The highest BCUT2D eigenvalue weighted by Gasteiger charge is 2.05. The summed E-state index contributed by atoms with van der Waals surface area (Å²) in [6, 6.07) is 6.98. The minimum absolute atomic E-state index is 0.219. The smallest absolute Gasteiger partial charge is 0.127 e. The molecule has 66 valence electrons. The van der Waals surface area contributed by atoms with Gasteiger partial charge in [-0.1, -0.05) is 23.7 Å². The van der Waals surface area contributed by atoms with Gasteiger partial charge >= 0.3 is 0 Å². The van der Waals surface area contributed by atoms with Crippen LogP contribution >= 0.6 is 11.6 Å². The molecular formula is C9H10ClFO. The molecule has 0 amide bonds. The van der Waals surface area contributed by atoms with Crippen molar-refractivity contribution in [3.63, 3.8) is 0 Å². The molecule has 0 saturated heterocycles. The second-order valence-electron chi connectivity index (χ2n) is 2.61. The standard InChI is InChI=1S/C9H10ClFO/c10-8-3-1-2-7(4-8)5-9(11)6-12/h1-4,9,12H,5-6H2. The van der Waals surface area contributed by atoms with Crippen molar-refractivity contribution in [1.82, 2.24) is 0 Å². The van der Waals surface area contributed by atoms with E-state index in [9.17, 15) is 4.39 Å². The van der Waals surface area contributed by atoms with E-state index in [2.05, 4.69) is 0 Å². The Morgan fingerprint density at radius 3 is 2.83 bits per heavy atom. The second kappa shape index (κ2) is 4.43. The average molecular weight is 189 g/mol. The van der Waals surface area contributed by atoms with Crippen molar-refractivity contribution < 1.29 is 9.50 Å². The van der Waals surface area contributed by atoms with Crippen molar-refractivity contribution in [2.45, 2.75) is 12.6 Å². The van der Waals surface area contributed by atoms with Crippen LogP contribution < -0.4 is 0 Å². The Morgan fingerprint density at radius 2 is 2.25 bits per heavy atom. The molecule has 0 saturated carbocycles. The minimum atomic E-state index is -1.19. The number of aliphatic hydroxyl groups is 1. The van der Waals surface area contributed by atoms with Gasteiger partial charge in [-0.25, -0.2) is 4.39 Å². The van der Waals surface area contributed by atoms with Crippen molar-refractivity contribution in [2.75, 3.05) is 6.61 Å². The van der Waals surface area contributed by atoms with Gasteiger partial charge < -0.3 is 5.11 Å². The van der Waals surface area contributed by atoms with Crippen LogP contribution in [0.25, 0.3) is 0 Å². The molecule has 1 unspecified atom stereocenters. The molecular weight excluding hydrogens is 179 g/mol. The number of halogens is 2. The Hall–Kier alpha value is -0.600. The molecule has 0 bridgehead atoms. The molecule has 1 atom stereocenters. The third-order valence-electron chi connectivity index (χ3n) is 1.54. The number of hydrogen-bond acceptors (Lipinski definition) is 1. The third kappa shape index (κ3) is 2.80. The maximum absolute atomic E-state index is 12.7. The SMILES string of the molecule is OCC(F)Cc1cccc(Cl)c1. The summed E-state index contributed by atoms with van der Waals surface area (Å²) in [5.41, 5.74) is 0.809. The Balaban J connectivity index is 2.63. The first-order valence-electron chi connectivity index (χ1n) is 3.71. The zero-order valence-electron chi connectivity index (χ0n) is 6.50. The molecule has 0 aliphatic heterocycles. The molecule has 12 heavy (non-hydrogen) atoms. The average Bonchev–Trinajstić information content (AvgIpc) is 2.04. The summed E-state index contributed by atoms with van der Waals surface area (Å²) < 4.78 is 12.7. The molecule has 0 aliphatic carbocycles. The van der Waals surface area contributed by atoms with E-state index in [1.807, 2.05) is 0 Å². The fraction of sp³-hybridized carbons (Fsp3) is 0.333. The van der Waals surface area contributed by atoms with Crippen molar-refractivity contribution in [3.05, 3.63) is 34.9 Å². The summed E-state index contributed by atoms with van der Waals surface area (Å²) in [4.78, 5) is 0. The van der Waals surface area contributed by atoms with Crippen LogP contribution in [0.3, 0.4) is 0 Å². The van der Waals surface area contributed by atoms with Gasteiger partial charge in [0.1, 0.15) is 6.17 Å². The van der Waals surface area contributed by atoms with Crippen molar-refractivity contribution >= 4 is 11.6 Å². The highest BCUT2D eigenvalue weighted by atomic mass is 35.5. The van der Waals surface area contributed by atoms with Crippen LogP contribution in [0, 0.1) is 0 Å². The van der Waals surface area contributed by atoms with Crippen molar-refractivity contribution in [1.29, 1.82) is 0 Å². The molecule has 0 fully saturated rings. The molecule has 1 aromatic carbocycles. The molecule has 0 aliphatic rings. The number of aliphatic hydroxyl groups excluding tert-OH is 1. The van der Waals surface area contributed by atoms with Gasteiger partial charge in [0.15, 0.2) is 0 Å². The molecule has 0 aromatic heterocycles. The fourth-order valence-electron chi connectivity index (χ4n) is 0.984. The predicted molar refractivity (Wildman–Crippen MR) is 47.1 cm³/mol. The van der Waals surface area contributed by atoms with E-state index in [4.69, 9.17) is 16.7 Å². The van der Waals surface area contributed by atoms with Crippen LogP contribution in [-0.4, -0.2) is 17.9 Å². The first-order chi connectivity index (χ1) is 5.72. The zero-order valence-corrected chi connectivity index (χ0v) is 7.26. The second-order valence-corrected chi connectivity index (χ2v) is 3.05. The van der Waals surface area contributed by atoms with Gasteiger partial charge in [0.2, 0.25) is 0 Å². The van der Waals surface area contributed by atoms with E-state index >= 15 is 0 Å². The summed E-state index contributed by atoms with van der Waals surface area (Å²) in [6.07, 6.45) is -0.972. The largest absolute Gasteiger partial charge is 0.393 e. The molecule has 1 nitrogen and oxygen atoms in total. The summed E-state index contributed by atoms with van der Waals surface area (Å²) in [6.45, 7) is -0.438. The lowest BCUT2D eigenvalue weighted by Gasteiger charge is -2.04. The fourth-order valence-corrected chi connectivity index (χ4v) is 1.20. The normalized spacial score (nSPS) is 12.9. The third-order valence-corrected chi connectivity index (χ3v) is 1.78. The van der Waals surface area contributed by atoms with Crippen LogP contribution in [0.15, 0.2) is 24.3 Å². The molecule has 1 aromatic rings. The monoisotopic (exact) mass is 188 g/mol. The van der Waals surface area contributed by atoms with Gasteiger partial charge in [-0.3, -0.25) is 0 Å². The van der Waals surface area contributed by atoms with Gasteiger partial charge in [0.25, 0.3) is 0 Å². The lowest BCUT2D eigenvalue weighted by atomic mass is 10.1. The number of alkyl halides is 1. The Bertz CT molecular complexity index is 252. The van der Waals surface area contributed by atoms with Crippen molar-refractivity contribution in [3.8, 4) is 0 Å². The van der Waals surface area contributed by atoms with E-state index in [0.29, 0.717) is 5.02 Å². The van der Waals surface area contributed by atoms with E-state index in [1.54, 1.807) is 24.3 Å². The summed E-state index contributed by atoms with van der Waals surface area (Å²) in [7, 11) is 0.